The third-order valence-electron chi connectivity index (χ3n) is 4.84. The first-order valence-corrected chi connectivity index (χ1v) is 10.5. The largest absolute Gasteiger partial charge is 0.493 e. The van der Waals surface area contributed by atoms with Crippen LogP contribution in [-0.2, 0) is 11.2 Å². The number of carbonyl (C=O) groups is 1. The summed E-state index contributed by atoms with van der Waals surface area (Å²) < 4.78 is 22.0. The molecule has 0 atom stereocenters. The van der Waals surface area contributed by atoms with Gasteiger partial charge in [0.1, 0.15) is 11.3 Å². The van der Waals surface area contributed by atoms with Gasteiger partial charge in [-0.15, -0.1) is 11.3 Å². The van der Waals surface area contributed by atoms with Crippen LogP contribution in [0.2, 0.25) is 0 Å². The molecule has 2 aromatic heterocycles. The molecule has 2 aromatic carbocycles. The van der Waals surface area contributed by atoms with Crippen LogP contribution in [0.5, 0.6) is 17.2 Å². The summed E-state index contributed by atoms with van der Waals surface area (Å²) in [6.45, 7) is 0. The maximum absolute atomic E-state index is 12.5. The zero-order valence-corrected chi connectivity index (χ0v) is 18.2. The van der Waals surface area contributed by atoms with Crippen molar-refractivity contribution in [2.24, 2.45) is 0 Å². The first-order chi connectivity index (χ1) is 15.1. The molecule has 0 aliphatic carbocycles. The van der Waals surface area contributed by atoms with Gasteiger partial charge in [0.05, 0.1) is 21.3 Å². The topological polar surface area (TPSA) is 82.8 Å². The minimum absolute atomic E-state index is 0.137. The molecule has 1 N–H and O–H groups in total. The van der Waals surface area contributed by atoms with Crippen molar-refractivity contribution < 1.29 is 23.4 Å². The maximum atomic E-state index is 12.5. The highest BCUT2D eigenvalue weighted by Gasteiger charge is 2.17. The van der Waals surface area contributed by atoms with E-state index in [2.05, 4.69) is 10.3 Å². The van der Waals surface area contributed by atoms with Gasteiger partial charge in [-0.05, 0) is 30.2 Å². The Morgan fingerprint density at radius 1 is 1.06 bits per heavy atom. The van der Waals surface area contributed by atoms with Crippen LogP contribution in [0, 0.1) is 0 Å². The quantitative estimate of drug-likeness (QED) is 0.409. The molecule has 0 saturated carbocycles. The van der Waals surface area contributed by atoms with Crippen molar-refractivity contribution in [3.8, 4) is 28.7 Å². The van der Waals surface area contributed by atoms with Gasteiger partial charge in [-0.3, -0.25) is 4.79 Å². The average Bonchev–Trinajstić information content (AvgIpc) is 3.43. The lowest BCUT2D eigenvalue weighted by Gasteiger charge is -2.15. The first kappa shape index (κ1) is 20.7. The van der Waals surface area contributed by atoms with Gasteiger partial charge in [0, 0.05) is 17.2 Å². The maximum Gasteiger partial charge on any atom is 0.226 e. The molecule has 0 spiro atoms. The Kier molecular flexibility index (Phi) is 6.08. The number of hydrogen-bond donors (Lipinski definition) is 1. The lowest BCUT2D eigenvalue weighted by atomic mass is 10.1. The first-order valence-electron chi connectivity index (χ1n) is 9.65. The van der Waals surface area contributed by atoms with Crippen LogP contribution in [-0.4, -0.2) is 32.2 Å². The number of methoxy groups -OCH3 is 3. The third-order valence-corrected chi connectivity index (χ3v) is 5.59. The number of rotatable bonds is 8. The van der Waals surface area contributed by atoms with Gasteiger partial charge in [-0.25, -0.2) is 4.98 Å². The van der Waals surface area contributed by atoms with Crippen LogP contribution in [0.3, 0.4) is 0 Å². The number of thiazole rings is 1. The standard InChI is InChI=1S/C23H22N2O5S/c1-27-18-10-8-14(21(28-2)22(18)29-3)9-11-20(26)25-23-24-16(13-31-23)19-12-15-6-4-5-7-17(15)30-19/h4-8,10,12-13H,9,11H2,1-3H3,(H,24,25,26). The number of fused-ring (bicyclic) bond motifs is 1. The third kappa shape index (κ3) is 4.34. The molecule has 0 aliphatic rings. The summed E-state index contributed by atoms with van der Waals surface area (Å²) in [5, 5.41) is 6.26. The smallest absolute Gasteiger partial charge is 0.226 e. The molecule has 1 amide bonds. The second-order valence-electron chi connectivity index (χ2n) is 6.73. The van der Waals surface area contributed by atoms with Gasteiger partial charge in [0.25, 0.3) is 0 Å². The molecule has 160 valence electrons. The van der Waals surface area contributed by atoms with E-state index in [0.717, 1.165) is 16.5 Å². The number of ether oxygens (including phenoxy) is 3. The molecule has 0 radical (unpaired) electrons. The summed E-state index contributed by atoms with van der Waals surface area (Å²) in [4.78, 5) is 17.0. The Hall–Kier alpha value is -3.52. The number of aryl methyl sites for hydroxylation is 1. The number of para-hydroxylation sites is 1. The number of benzene rings is 2. The van der Waals surface area contributed by atoms with Gasteiger partial charge < -0.3 is 23.9 Å². The zero-order chi connectivity index (χ0) is 21.8. The number of carbonyl (C=O) groups excluding carboxylic acids is 1. The van der Waals surface area contributed by atoms with E-state index in [1.807, 2.05) is 41.8 Å². The Morgan fingerprint density at radius 3 is 2.61 bits per heavy atom. The summed E-state index contributed by atoms with van der Waals surface area (Å²) in [6.07, 6.45) is 0.753. The number of anilines is 1. The van der Waals surface area contributed by atoms with E-state index in [4.69, 9.17) is 18.6 Å². The molecule has 4 rings (SSSR count). The van der Waals surface area contributed by atoms with Crippen molar-refractivity contribution in [1.29, 1.82) is 0 Å². The minimum atomic E-state index is -0.137. The molecular formula is C23H22N2O5S. The van der Waals surface area contributed by atoms with Crippen LogP contribution in [0.4, 0.5) is 5.13 Å². The van der Waals surface area contributed by atoms with E-state index < -0.39 is 0 Å². The molecule has 0 fully saturated rings. The van der Waals surface area contributed by atoms with E-state index in [-0.39, 0.29) is 12.3 Å². The van der Waals surface area contributed by atoms with E-state index in [1.165, 1.54) is 11.3 Å². The number of hydrogen-bond acceptors (Lipinski definition) is 7. The monoisotopic (exact) mass is 438 g/mol. The van der Waals surface area contributed by atoms with Crippen molar-refractivity contribution >= 4 is 33.3 Å². The van der Waals surface area contributed by atoms with Gasteiger partial charge in [0.2, 0.25) is 11.7 Å². The summed E-state index contributed by atoms with van der Waals surface area (Å²) in [5.41, 5.74) is 2.36. The fraction of sp³-hybridized carbons (Fsp3) is 0.217. The Morgan fingerprint density at radius 2 is 1.87 bits per heavy atom. The van der Waals surface area contributed by atoms with Gasteiger partial charge >= 0.3 is 0 Å². The van der Waals surface area contributed by atoms with Gasteiger partial charge in [-0.2, -0.15) is 0 Å². The van der Waals surface area contributed by atoms with Crippen molar-refractivity contribution in [2.45, 2.75) is 12.8 Å². The normalized spacial score (nSPS) is 10.8. The Bertz CT molecular complexity index is 1180. The van der Waals surface area contributed by atoms with Crippen molar-refractivity contribution in [3.05, 3.63) is 53.4 Å². The number of aromatic nitrogens is 1. The number of nitrogens with one attached hydrogen (secondary N) is 1. The SMILES string of the molecule is COc1ccc(CCC(=O)Nc2nc(-c3cc4ccccc4o3)cs2)c(OC)c1OC. The highest BCUT2D eigenvalue weighted by molar-refractivity contribution is 7.14. The molecule has 4 aromatic rings. The molecule has 0 saturated heterocycles. The Labute approximate surface area is 183 Å². The van der Waals surface area contributed by atoms with Crippen molar-refractivity contribution in [1.82, 2.24) is 4.98 Å². The van der Waals surface area contributed by atoms with E-state index in [0.29, 0.717) is 40.3 Å². The van der Waals surface area contributed by atoms with Crippen LogP contribution >= 0.6 is 11.3 Å². The average molecular weight is 439 g/mol. The lowest BCUT2D eigenvalue weighted by molar-refractivity contribution is -0.116. The highest BCUT2D eigenvalue weighted by atomic mass is 32.1. The fourth-order valence-electron chi connectivity index (χ4n) is 3.34. The van der Waals surface area contributed by atoms with Crippen molar-refractivity contribution in [3.63, 3.8) is 0 Å². The summed E-state index contributed by atoms with van der Waals surface area (Å²) in [6, 6.07) is 13.4. The molecule has 31 heavy (non-hydrogen) atoms. The molecular weight excluding hydrogens is 416 g/mol. The van der Waals surface area contributed by atoms with Crippen LogP contribution < -0.4 is 19.5 Å². The van der Waals surface area contributed by atoms with Crippen LogP contribution in [0.25, 0.3) is 22.4 Å². The molecule has 2 heterocycles. The van der Waals surface area contributed by atoms with E-state index in [1.54, 1.807) is 27.4 Å². The predicted molar refractivity (Wildman–Crippen MR) is 120 cm³/mol. The fourth-order valence-corrected chi connectivity index (χ4v) is 4.06. The lowest BCUT2D eigenvalue weighted by Crippen LogP contribution is -2.12. The highest BCUT2D eigenvalue weighted by Crippen LogP contribution is 2.40. The molecule has 7 nitrogen and oxygen atoms in total. The van der Waals surface area contributed by atoms with Gasteiger partial charge in [0.15, 0.2) is 22.4 Å². The predicted octanol–water partition coefficient (Wildman–Crippen LogP) is 5.15. The minimum Gasteiger partial charge on any atom is -0.493 e. The number of amides is 1. The Balaban J connectivity index is 1.42. The molecule has 8 heteroatoms. The van der Waals surface area contributed by atoms with Gasteiger partial charge in [-0.1, -0.05) is 24.3 Å². The summed E-state index contributed by atoms with van der Waals surface area (Å²) >= 11 is 1.36. The van der Waals surface area contributed by atoms with E-state index in [9.17, 15) is 4.79 Å². The van der Waals surface area contributed by atoms with Crippen LogP contribution in [0.15, 0.2) is 52.3 Å². The van der Waals surface area contributed by atoms with E-state index >= 15 is 0 Å². The van der Waals surface area contributed by atoms with Crippen LogP contribution in [0.1, 0.15) is 12.0 Å². The second-order valence-corrected chi connectivity index (χ2v) is 7.59. The summed E-state index contributed by atoms with van der Waals surface area (Å²) in [5.74, 6) is 2.19. The second kappa shape index (κ2) is 9.09. The number of furan rings is 1. The molecule has 0 unspecified atom stereocenters. The molecule has 0 bridgehead atoms. The molecule has 0 aliphatic heterocycles. The summed E-state index contributed by atoms with van der Waals surface area (Å²) in [7, 11) is 4.69. The number of nitrogens with zero attached hydrogens (tertiary/aromatic N) is 1. The van der Waals surface area contributed by atoms with Crippen molar-refractivity contribution in [2.75, 3.05) is 26.6 Å². The zero-order valence-electron chi connectivity index (χ0n) is 17.4.